The number of hydrogen-bond acceptors (Lipinski definition) is 4. The van der Waals surface area contributed by atoms with Gasteiger partial charge in [0.15, 0.2) is 0 Å². The molecule has 0 unspecified atom stereocenters. The van der Waals surface area contributed by atoms with E-state index in [1.165, 1.54) is 24.4 Å². The Labute approximate surface area is 76.4 Å². The van der Waals surface area contributed by atoms with Crippen molar-refractivity contribution in [2.45, 2.75) is 32.2 Å². The molecule has 1 aromatic rings. The fourth-order valence-corrected chi connectivity index (χ4v) is 2.01. The first-order chi connectivity index (χ1) is 5.68. The average Bonchev–Trinajstić information content (AvgIpc) is 2.74. The molecule has 0 saturated heterocycles. The van der Waals surface area contributed by atoms with Gasteiger partial charge in [-0.05, 0) is 32.6 Å². The molecule has 0 atom stereocenters. The lowest BCUT2D eigenvalue weighted by Gasteiger charge is -2.25. The van der Waals surface area contributed by atoms with Crippen LogP contribution in [0.25, 0.3) is 0 Å². The summed E-state index contributed by atoms with van der Waals surface area (Å²) in [6.07, 6.45) is 4.29. The zero-order valence-corrected chi connectivity index (χ0v) is 8.19. The maximum atomic E-state index is 4.11. The van der Waals surface area contributed by atoms with Crippen LogP contribution >= 0.6 is 11.5 Å². The van der Waals surface area contributed by atoms with E-state index in [0.717, 1.165) is 11.0 Å². The van der Waals surface area contributed by atoms with Gasteiger partial charge in [0, 0.05) is 17.1 Å². The van der Waals surface area contributed by atoms with Crippen molar-refractivity contribution in [3.05, 3.63) is 6.33 Å². The van der Waals surface area contributed by atoms with Crippen molar-refractivity contribution in [3.63, 3.8) is 0 Å². The molecule has 12 heavy (non-hydrogen) atoms. The van der Waals surface area contributed by atoms with Crippen LogP contribution < -0.4 is 5.32 Å². The van der Waals surface area contributed by atoms with Gasteiger partial charge >= 0.3 is 0 Å². The van der Waals surface area contributed by atoms with Gasteiger partial charge in [-0.3, -0.25) is 0 Å². The third-order valence-electron chi connectivity index (χ3n) is 2.39. The smallest absolute Gasteiger partial charge is 0.202 e. The summed E-state index contributed by atoms with van der Waals surface area (Å²) in [5.41, 5.74) is 0.194. The van der Waals surface area contributed by atoms with E-state index in [0.29, 0.717) is 0 Å². The van der Waals surface area contributed by atoms with Crippen LogP contribution in [0.4, 0.5) is 5.13 Å². The molecular weight excluding hydrogens is 170 g/mol. The molecule has 2 rings (SSSR count). The van der Waals surface area contributed by atoms with Crippen LogP contribution in [-0.2, 0) is 0 Å². The lowest BCUT2D eigenvalue weighted by atomic mass is 9.99. The minimum atomic E-state index is 0.194. The first-order valence-corrected chi connectivity index (χ1v) is 5.01. The highest BCUT2D eigenvalue weighted by Crippen LogP contribution is 2.41. The van der Waals surface area contributed by atoms with E-state index in [4.69, 9.17) is 0 Å². The fraction of sp³-hybridized carbons (Fsp3) is 0.750. The van der Waals surface area contributed by atoms with Crippen molar-refractivity contribution in [2.75, 3.05) is 5.32 Å². The fourth-order valence-electron chi connectivity index (χ4n) is 1.41. The Morgan fingerprint density at radius 3 is 2.83 bits per heavy atom. The largest absolute Gasteiger partial charge is 0.355 e. The minimum absolute atomic E-state index is 0.194. The molecule has 1 aromatic heterocycles. The lowest BCUT2D eigenvalue weighted by molar-refractivity contribution is 0.494. The van der Waals surface area contributed by atoms with E-state index in [1.54, 1.807) is 6.33 Å². The second-order valence-corrected chi connectivity index (χ2v) is 4.65. The molecule has 66 valence electrons. The van der Waals surface area contributed by atoms with E-state index in [2.05, 4.69) is 28.5 Å². The first kappa shape index (κ1) is 7.98. The zero-order chi connectivity index (χ0) is 8.60. The molecular formula is C8H13N3S. The highest BCUT2D eigenvalue weighted by molar-refractivity contribution is 7.09. The molecule has 1 aliphatic rings. The van der Waals surface area contributed by atoms with Crippen molar-refractivity contribution in [1.29, 1.82) is 0 Å². The Kier molecular flexibility index (Phi) is 1.79. The van der Waals surface area contributed by atoms with E-state index in [-0.39, 0.29) is 5.54 Å². The third kappa shape index (κ3) is 1.58. The molecule has 1 fully saturated rings. The van der Waals surface area contributed by atoms with E-state index < -0.39 is 0 Å². The van der Waals surface area contributed by atoms with Gasteiger partial charge < -0.3 is 5.32 Å². The van der Waals surface area contributed by atoms with Crippen molar-refractivity contribution in [3.8, 4) is 0 Å². The molecule has 1 saturated carbocycles. The molecule has 0 radical (unpaired) electrons. The van der Waals surface area contributed by atoms with Gasteiger partial charge in [0.2, 0.25) is 5.13 Å². The molecule has 3 nitrogen and oxygen atoms in total. The molecule has 0 aromatic carbocycles. The van der Waals surface area contributed by atoms with Gasteiger partial charge in [-0.25, -0.2) is 4.98 Å². The van der Waals surface area contributed by atoms with Crippen molar-refractivity contribution < 1.29 is 0 Å². The molecule has 0 spiro atoms. The summed E-state index contributed by atoms with van der Waals surface area (Å²) in [5, 5.41) is 4.34. The Bertz CT molecular complexity index is 251. The standard InChI is InChI=1S/C8H13N3S/c1-8(2,6-3-4-6)11-7-9-5-10-12-7/h5-6H,3-4H2,1-2H3,(H,9,10,11). The number of aromatic nitrogens is 2. The van der Waals surface area contributed by atoms with Gasteiger partial charge in [-0.1, -0.05) is 0 Å². The summed E-state index contributed by atoms with van der Waals surface area (Å²) in [7, 11) is 0. The maximum absolute atomic E-state index is 4.11. The number of nitrogens with one attached hydrogen (secondary N) is 1. The quantitative estimate of drug-likeness (QED) is 0.780. The van der Waals surface area contributed by atoms with Crippen LogP contribution in [0.5, 0.6) is 0 Å². The van der Waals surface area contributed by atoms with Crippen LogP contribution in [0.15, 0.2) is 6.33 Å². The van der Waals surface area contributed by atoms with E-state index in [9.17, 15) is 0 Å². The van der Waals surface area contributed by atoms with E-state index in [1.807, 2.05) is 0 Å². The maximum Gasteiger partial charge on any atom is 0.202 e. The number of anilines is 1. The van der Waals surface area contributed by atoms with Crippen LogP contribution in [0, 0.1) is 5.92 Å². The van der Waals surface area contributed by atoms with Gasteiger partial charge in [0.1, 0.15) is 6.33 Å². The highest BCUT2D eigenvalue weighted by Gasteiger charge is 2.38. The predicted molar refractivity (Wildman–Crippen MR) is 50.3 cm³/mol. The van der Waals surface area contributed by atoms with Gasteiger partial charge in [0.05, 0.1) is 0 Å². The molecule has 0 bridgehead atoms. The highest BCUT2D eigenvalue weighted by atomic mass is 32.1. The zero-order valence-electron chi connectivity index (χ0n) is 7.37. The van der Waals surface area contributed by atoms with Crippen LogP contribution in [0.2, 0.25) is 0 Å². The second-order valence-electron chi connectivity index (χ2n) is 3.87. The van der Waals surface area contributed by atoms with Crippen molar-refractivity contribution >= 4 is 16.7 Å². The van der Waals surface area contributed by atoms with Gasteiger partial charge in [-0.2, -0.15) is 4.37 Å². The molecule has 1 N–H and O–H groups in total. The Morgan fingerprint density at radius 2 is 2.33 bits per heavy atom. The predicted octanol–water partition coefficient (Wildman–Crippen LogP) is 2.14. The summed E-state index contributed by atoms with van der Waals surface area (Å²) in [4.78, 5) is 4.11. The topological polar surface area (TPSA) is 37.8 Å². The summed E-state index contributed by atoms with van der Waals surface area (Å²) < 4.78 is 3.95. The Balaban J connectivity index is 2.01. The minimum Gasteiger partial charge on any atom is -0.355 e. The van der Waals surface area contributed by atoms with E-state index >= 15 is 0 Å². The van der Waals surface area contributed by atoms with Crippen LogP contribution in [0.1, 0.15) is 26.7 Å². The second kappa shape index (κ2) is 2.69. The number of hydrogen-bond donors (Lipinski definition) is 1. The SMILES string of the molecule is CC(C)(Nc1ncns1)C1CC1. The lowest BCUT2D eigenvalue weighted by Crippen LogP contribution is -2.33. The third-order valence-corrected chi connectivity index (χ3v) is 2.97. The molecule has 4 heteroatoms. The van der Waals surface area contributed by atoms with Crippen molar-refractivity contribution in [2.24, 2.45) is 5.92 Å². The van der Waals surface area contributed by atoms with Crippen LogP contribution in [-0.4, -0.2) is 14.9 Å². The number of nitrogens with zero attached hydrogens (tertiary/aromatic N) is 2. The Morgan fingerprint density at radius 1 is 1.58 bits per heavy atom. The molecule has 1 heterocycles. The van der Waals surface area contributed by atoms with Crippen molar-refractivity contribution in [1.82, 2.24) is 9.36 Å². The van der Waals surface area contributed by atoms with Gasteiger partial charge in [-0.15, -0.1) is 0 Å². The summed E-state index contributed by atoms with van der Waals surface area (Å²) in [5.74, 6) is 0.821. The first-order valence-electron chi connectivity index (χ1n) is 4.23. The van der Waals surface area contributed by atoms with Gasteiger partial charge in [0.25, 0.3) is 0 Å². The summed E-state index contributed by atoms with van der Waals surface area (Å²) in [6, 6.07) is 0. The molecule has 0 amide bonds. The molecule has 0 aliphatic heterocycles. The summed E-state index contributed by atoms with van der Waals surface area (Å²) >= 11 is 1.42. The van der Waals surface area contributed by atoms with Crippen LogP contribution in [0.3, 0.4) is 0 Å². The Hall–Kier alpha value is -0.640. The molecule has 1 aliphatic carbocycles. The summed E-state index contributed by atoms with van der Waals surface area (Å²) in [6.45, 7) is 4.46. The number of rotatable bonds is 3. The monoisotopic (exact) mass is 183 g/mol. The normalized spacial score (nSPS) is 17.8. The average molecular weight is 183 g/mol.